The van der Waals surface area contributed by atoms with E-state index in [-0.39, 0.29) is 11.4 Å². The largest absolute Gasteiger partial charge is 0.492 e. The van der Waals surface area contributed by atoms with Gasteiger partial charge in [-0.2, -0.15) is 4.31 Å². The van der Waals surface area contributed by atoms with E-state index in [1.54, 1.807) is 0 Å². The Kier molecular flexibility index (Phi) is 3.52. The van der Waals surface area contributed by atoms with Crippen molar-refractivity contribution >= 4 is 15.8 Å². The summed E-state index contributed by atoms with van der Waals surface area (Å²) in [7, 11) is -3.61. The molecule has 0 fully saturated rings. The molecule has 3 rings (SSSR count). The summed E-state index contributed by atoms with van der Waals surface area (Å²) in [5.41, 5.74) is 6.35. The first-order chi connectivity index (χ1) is 10.1. The molecule has 0 amide bonds. The Morgan fingerprint density at radius 2 is 2.00 bits per heavy atom. The van der Waals surface area contributed by atoms with E-state index in [1.807, 2.05) is 24.3 Å². The summed E-state index contributed by atoms with van der Waals surface area (Å²) in [6.07, 6.45) is 1.28. The Labute approximate surface area is 123 Å². The fourth-order valence-corrected chi connectivity index (χ4v) is 3.55. The Morgan fingerprint density at radius 1 is 1.19 bits per heavy atom. The standard InChI is InChI=1S/C14H15N3O3S/c15-14-6-5-12(9-16-14)21(18,19)17-7-8-20-13-4-2-1-3-11(13)10-17/h1-6,9H,7-8,10H2,(H2,15,16). The number of sulfonamides is 1. The molecule has 0 atom stereocenters. The maximum Gasteiger partial charge on any atom is 0.245 e. The molecule has 21 heavy (non-hydrogen) atoms. The second-order valence-corrected chi connectivity index (χ2v) is 6.65. The highest BCUT2D eigenvalue weighted by atomic mass is 32.2. The van der Waals surface area contributed by atoms with Crippen molar-refractivity contribution in [3.8, 4) is 5.75 Å². The van der Waals surface area contributed by atoms with E-state index in [0.29, 0.717) is 19.0 Å². The Balaban J connectivity index is 1.94. The van der Waals surface area contributed by atoms with Crippen molar-refractivity contribution in [3.05, 3.63) is 48.2 Å². The van der Waals surface area contributed by atoms with Gasteiger partial charge in [-0.05, 0) is 18.2 Å². The van der Waals surface area contributed by atoms with Gasteiger partial charge in [0.2, 0.25) is 10.0 Å². The van der Waals surface area contributed by atoms with Gasteiger partial charge in [0.05, 0.1) is 0 Å². The molecule has 1 aromatic heterocycles. The molecule has 0 saturated heterocycles. The lowest BCUT2D eigenvalue weighted by Crippen LogP contribution is -2.32. The molecule has 0 spiro atoms. The summed E-state index contributed by atoms with van der Waals surface area (Å²) >= 11 is 0. The molecule has 6 nitrogen and oxygen atoms in total. The number of hydrogen-bond donors (Lipinski definition) is 1. The van der Waals surface area contributed by atoms with Crippen LogP contribution in [0.3, 0.4) is 0 Å². The minimum atomic E-state index is -3.61. The predicted octanol–water partition coefficient (Wildman–Crippen LogP) is 1.25. The minimum absolute atomic E-state index is 0.135. The molecule has 0 bridgehead atoms. The normalized spacial score (nSPS) is 15.8. The zero-order valence-corrected chi connectivity index (χ0v) is 12.1. The van der Waals surface area contributed by atoms with Gasteiger partial charge in [0.1, 0.15) is 23.1 Å². The van der Waals surface area contributed by atoms with Gasteiger partial charge in [0.15, 0.2) is 0 Å². The first-order valence-corrected chi connectivity index (χ1v) is 7.94. The second-order valence-electron chi connectivity index (χ2n) is 4.71. The van der Waals surface area contributed by atoms with Crippen molar-refractivity contribution in [3.63, 3.8) is 0 Å². The van der Waals surface area contributed by atoms with Crippen molar-refractivity contribution < 1.29 is 13.2 Å². The van der Waals surface area contributed by atoms with E-state index in [9.17, 15) is 8.42 Å². The summed E-state index contributed by atoms with van der Waals surface area (Å²) in [6, 6.07) is 10.4. The lowest BCUT2D eigenvalue weighted by Gasteiger charge is -2.19. The Bertz CT molecular complexity index is 744. The number of para-hydroxylation sites is 1. The fraction of sp³-hybridized carbons (Fsp3) is 0.214. The van der Waals surface area contributed by atoms with E-state index >= 15 is 0 Å². The summed E-state index contributed by atoms with van der Waals surface area (Å²) in [5.74, 6) is 1.02. The lowest BCUT2D eigenvalue weighted by atomic mass is 10.2. The van der Waals surface area contributed by atoms with Crippen LogP contribution in [0, 0.1) is 0 Å². The number of nitrogens with two attached hydrogens (primary N) is 1. The van der Waals surface area contributed by atoms with E-state index in [2.05, 4.69) is 4.98 Å². The SMILES string of the molecule is Nc1ccc(S(=O)(=O)N2CCOc3ccccc3C2)cn1. The summed E-state index contributed by atoms with van der Waals surface area (Å²) in [6.45, 7) is 0.892. The number of rotatable bonds is 2. The molecule has 0 radical (unpaired) electrons. The smallest absolute Gasteiger partial charge is 0.245 e. The van der Waals surface area contributed by atoms with Crippen LogP contribution in [0.2, 0.25) is 0 Å². The highest BCUT2D eigenvalue weighted by Gasteiger charge is 2.27. The average Bonchev–Trinajstić information content (AvgIpc) is 2.70. The Morgan fingerprint density at radius 3 is 2.76 bits per heavy atom. The molecule has 1 aliphatic rings. The highest BCUT2D eigenvalue weighted by molar-refractivity contribution is 7.89. The van der Waals surface area contributed by atoms with Crippen LogP contribution < -0.4 is 10.5 Å². The summed E-state index contributed by atoms with van der Waals surface area (Å²) in [4.78, 5) is 3.98. The lowest BCUT2D eigenvalue weighted by molar-refractivity contribution is 0.293. The van der Waals surface area contributed by atoms with Crippen LogP contribution in [-0.4, -0.2) is 30.9 Å². The van der Waals surface area contributed by atoms with Crippen LogP contribution >= 0.6 is 0 Å². The van der Waals surface area contributed by atoms with E-state index in [1.165, 1.54) is 22.6 Å². The van der Waals surface area contributed by atoms with Crippen LogP contribution in [-0.2, 0) is 16.6 Å². The van der Waals surface area contributed by atoms with Gasteiger partial charge in [-0.3, -0.25) is 0 Å². The number of benzene rings is 1. The molecule has 110 valence electrons. The zero-order valence-electron chi connectivity index (χ0n) is 11.3. The quantitative estimate of drug-likeness (QED) is 0.902. The van der Waals surface area contributed by atoms with Gasteiger partial charge in [0.25, 0.3) is 0 Å². The molecule has 7 heteroatoms. The van der Waals surface area contributed by atoms with Crippen LogP contribution in [0.15, 0.2) is 47.5 Å². The fourth-order valence-electron chi connectivity index (χ4n) is 2.20. The van der Waals surface area contributed by atoms with Gasteiger partial charge >= 0.3 is 0 Å². The van der Waals surface area contributed by atoms with Crippen molar-refractivity contribution in [2.75, 3.05) is 18.9 Å². The number of nitrogen functional groups attached to an aromatic ring is 1. The minimum Gasteiger partial charge on any atom is -0.492 e. The number of fused-ring (bicyclic) bond motifs is 1. The van der Waals surface area contributed by atoms with Crippen LogP contribution in [0.4, 0.5) is 5.82 Å². The third-order valence-electron chi connectivity index (χ3n) is 3.31. The number of ether oxygens (including phenoxy) is 1. The molecular weight excluding hydrogens is 290 g/mol. The first kappa shape index (κ1) is 13.8. The van der Waals surface area contributed by atoms with Crippen LogP contribution in [0.5, 0.6) is 5.75 Å². The van der Waals surface area contributed by atoms with Gasteiger partial charge < -0.3 is 10.5 Å². The topological polar surface area (TPSA) is 85.5 Å². The molecule has 2 aromatic rings. The zero-order chi connectivity index (χ0) is 14.9. The van der Waals surface area contributed by atoms with Crippen molar-refractivity contribution in [2.24, 2.45) is 0 Å². The number of hydrogen-bond acceptors (Lipinski definition) is 5. The average molecular weight is 305 g/mol. The molecule has 2 N–H and O–H groups in total. The summed E-state index contributed by atoms with van der Waals surface area (Å²) < 4.78 is 32.3. The second kappa shape index (κ2) is 5.34. The van der Waals surface area contributed by atoms with Crippen LogP contribution in [0.25, 0.3) is 0 Å². The Hall–Kier alpha value is -2.12. The van der Waals surface area contributed by atoms with Crippen molar-refractivity contribution in [1.29, 1.82) is 0 Å². The molecule has 1 aromatic carbocycles. The molecule has 0 unspecified atom stereocenters. The highest BCUT2D eigenvalue weighted by Crippen LogP contribution is 2.26. The van der Waals surface area contributed by atoms with Gasteiger partial charge in [-0.25, -0.2) is 13.4 Å². The molecule has 1 aliphatic heterocycles. The third kappa shape index (κ3) is 2.70. The van der Waals surface area contributed by atoms with E-state index in [0.717, 1.165) is 11.3 Å². The summed E-state index contributed by atoms with van der Waals surface area (Å²) in [5, 5.41) is 0. The van der Waals surface area contributed by atoms with E-state index in [4.69, 9.17) is 10.5 Å². The number of aromatic nitrogens is 1. The molecular formula is C14H15N3O3S. The molecule has 2 heterocycles. The van der Waals surface area contributed by atoms with Crippen molar-refractivity contribution in [1.82, 2.24) is 9.29 Å². The maximum absolute atomic E-state index is 12.7. The molecule has 0 saturated carbocycles. The van der Waals surface area contributed by atoms with Gasteiger partial charge in [0, 0.05) is 24.8 Å². The van der Waals surface area contributed by atoms with Gasteiger partial charge in [-0.1, -0.05) is 18.2 Å². The number of nitrogens with zero attached hydrogens (tertiary/aromatic N) is 2. The maximum atomic E-state index is 12.7. The third-order valence-corrected chi connectivity index (χ3v) is 5.14. The number of pyridine rings is 1. The monoisotopic (exact) mass is 305 g/mol. The van der Waals surface area contributed by atoms with E-state index < -0.39 is 10.0 Å². The first-order valence-electron chi connectivity index (χ1n) is 6.50. The predicted molar refractivity (Wildman–Crippen MR) is 78.2 cm³/mol. The molecule has 0 aliphatic carbocycles. The van der Waals surface area contributed by atoms with Gasteiger partial charge in [-0.15, -0.1) is 0 Å². The van der Waals surface area contributed by atoms with Crippen molar-refractivity contribution in [2.45, 2.75) is 11.4 Å². The number of anilines is 1. The van der Waals surface area contributed by atoms with Crippen LogP contribution in [0.1, 0.15) is 5.56 Å².